The Hall–Kier alpha value is -2.34. The molecule has 2 aromatic heterocycles. The zero-order valence-corrected chi connectivity index (χ0v) is 14.6. The van der Waals surface area contributed by atoms with Crippen LogP contribution in [0.1, 0.15) is 19.5 Å². The maximum absolute atomic E-state index is 11.8. The van der Waals surface area contributed by atoms with Crippen molar-refractivity contribution >= 4 is 23.2 Å². The highest BCUT2D eigenvalue weighted by molar-refractivity contribution is 8.00. The van der Waals surface area contributed by atoms with E-state index in [4.69, 9.17) is 0 Å². The third-order valence-corrected chi connectivity index (χ3v) is 3.54. The Labute approximate surface area is 141 Å². The first kappa shape index (κ1) is 18.7. The molecule has 0 aromatic carbocycles. The number of amides is 1. The molecule has 0 fully saturated rings. The van der Waals surface area contributed by atoms with Crippen LogP contribution in [-0.4, -0.2) is 26.3 Å². The van der Waals surface area contributed by atoms with Crippen LogP contribution in [0.3, 0.4) is 0 Å². The summed E-state index contributed by atoms with van der Waals surface area (Å²) in [7, 11) is 0. The topological polar surface area (TPSA) is 59.3 Å². The minimum Gasteiger partial charge on any atom is -0.326 e. The number of nitrogens with one attached hydrogen (secondary N) is 1. The fraction of sp³-hybridized carbons (Fsp3) is 0.235. The normalized spacial score (nSPS) is 10.2. The Morgan fingerprint density at radius 3 is 2.91 bits per heavy atom. The average molecular weight is 330 g/mol. The van der Waals surface area contributed by atoms with Gasteiger partial charge in [-0.2, -0.15) is 5.10 Å². The van der Waals surface area contributed by atoms with Crippen molar-refractivity contribution in [3.8, 4) is 0 Å². The van der Waals surface area contributed by atoms with E-state index in [-0.39, 0.29) is 11.7 Å². The molecule has 0 aliphatic carbocycles. The number of thioether (sulfide) groups is 1. The van der Waals surface area contributed by atoms with Crippen LogP contribution in [0.5, 0.6) is 0 Å². The molecule has 23 heavy (non-hydrogen) atoms. The lowest BCUT2D eigenvalue weighted by Gasteiger charge is -2.05. The van der Waals surface area contributed by atoms with Gasteiger partial charge in [0.2, 0.25) is 5.91 Å². The number of fused-ring (bicyclic) bond motifs is 1. The monoisotopic (exact) mass is 330 g/mol. The molecule has 6 heteroatoms. The highest BCUT2D eigenvalue weighted by Gasteiger charge is 2.09. The zero-order chi connectivity index (χ0) is 17.2. The zero-order valence-electron chi connectivity index (χ0n) is 13.7. The highest BCUT2D eigenvalue weighted by atomic mass is 32.2. The summed E-state index contributed by atoms with van der Waals surface area (Å²) in [6.45, 7) is 13.2. The van der Waals surface area contributed by atoms with Crippen LogP contribution < -0.4 is 5.32 Å². The number of allylic oxidation sites excluding steroid dienone is 3. The van der Waals surface area contributed by atoms with Gasteiger partial charge in [-0.1, -0.05) is 50.9 Å². The smallest absolute Gasteiger partial charge is 0.234 e. The summed E-state index contributed by atoms with van der Waals surface area (Å²) in [6, 6.07) is 1.94. The van der Waals surface area contributed by atoms with E-state index in [1.54, 1.807) is 35.1 Å². The quantitative estimate of drug-likeness (QED) is 0.650. The fourth-order valence-electron chi connectivity index (χ4n) is 1.71. The first-order valence-electron chi connectivity index (χ1n) is 7.32. The summed E-state index contributed by atoms with van der Waals surface area (Å²) >= 11 is 1.37. The second kappa shape index (κ2) is 9.63. The Kier molecular flexibility index (Phi) is 7.83. The molecule has 0 aliphatic heterocycles. The molecular formula is C17H22N4OS. The number of carbonyl (C=O) groups excluding carboxylic acids is 1. The summed E-state index contributed by atoms with van der Waals surface area (Å²) in [6.07, 6.45) is 8.49. The molecule has 2 aromatic rings. The van der Waals surface area contributed by atoms with Gasteiger partial charge < -0.3 is 5.32 Å². The summed E-state index contributed by atoms with van der Waals surface area (Å²) < 4.78 is 1.76. The van der Waals surface area contributed by atoms with E-state index in [1.165, 1.54) is 11.8 Å². The minimum absolute atomic E-state index is 0.126. The molecule has 122 valence electrons. The number of carbonyl (C=O) groups is 1. The second-order valence-electron chi connectivity index (χ2n) is 4.30. The molecule has 0 atom stereocenters. The molecule has 0 spiro atoms. The van der Waals surface area contributed by atoms with Crippen LogP contribution in [0.25, 0.3) is 5.52 Å². The summed E-state index contributed by atoms with van der Waals surface area (Å²) in [4.78, 5) is 16.1. The number of hydrogen-bond acceptors (Lipinski definition) is 4. The van der Waals surface area contributed by atoms with Gasteiger partial charge in [0, 0.05) is 18.1 Å². The lowest BCUT2D eigenvalue weighted by atomic mass is 10.4. The number of rotatable bonds is 6. The number of hydrogen-bond donors (Lipinski definition) is 1. The molecule has 2 heterocycles. The fourth-order valence-corrected chi connectivity index (χ4v) is 2.48. The van der Waals surface area contributed by atoms with Crippen molar-refractivity contribution in [2.24, 2.45) is 0 Å². The van der Waals surface area contributed by atoms with E-state index < -0.39 is 0 Å². The van der Waals surface area contributed by atoms with Gasteiger partial charge in [-0.15, -0.1) is 0 Å². The molecule has 0 saturated heterocycles. The molecule has 0 unspecified atom stereocenters. The number of nitrogens with zero attached hydrogens (tertiary/aromatic N) is 3. The van der Waals surface area contributed by atoms with Crippen LogP contribution in [0.4, 0.5) is 0 Å². The van der Waals surface area contributed by atoms with E-state index in [2.05, 4.69) is 28.6 Å². The van der Waals surface area contributed by atoms with Gasteiger partial charge in [-0.05, 0) is 19.1 Å². The average Bonchev–Trinajstić information content (AvgIpc) is 2.93. The van der Waals surface area contributed by atoms with Crippen molar-refractivity contribution in [2.45, 2.75) is 25.8 Å². The predicted octanol–water partition coefficient (Wildman–Crippen LogP) is 3.53. The molecule has 5 nitrogen and oxygen atoms in total. The van der Waals surface area contributed by atoms with E-state index in [0.717, 1.165) is 16.2 Å². The largest absolute Gasteiger partial charge is 0.326 e. The van der Waals surface area contributed by atoms with E-state index in [0.29, 0.717) is 5.70 Å². The summed E-state index contributed by atoms with van der Waals surface area (Å²) in [5, 5.41) is 7.79. The molecule has 0 aliphatic rings. The van der Waals surface area contributed by atoms with Crippen LogP contribution >= 0.6 is 11.8 Å². The molecule has 1 N–H and O–H groups in total. The Balaban J connectivity index is 0.00000127. The molecular weight excluding hydrogens is 308 g/mol. The Morgan fingerprint density at radius 1 is 1.48 bits per heavy atom. The van der Waals surface area contributed by atoms with Gasteiger partial charge in [0.25, 0.3) is 0 Å². The first-order chi connectivity index (χ1) is 11.1. The van der Waals surface area contributed by atoms with Gasteiger partial charge in [0.15, 0.2) is 0 Å². The third kappa shape index (κ3) is 5.75. The van der Waals surface area contributed by atoms with Crippen molar-refractivity contribution in [1.82, 2.24) is 19.9 Å². The molecule has 1 amide bonds. The summed E-state index contributed by atoms with van der Waals surface area (Å²) in [5.41, 5.74) is 2.35. The molecule has 0 saturated carbocycles. The predicted molar refractivity (Wildman–Crippen MR) is 96.4 cm³/mol. The maximum atomic E-state index is 11.8. The van der Waals surface area contributed by atoms with Gasteiger partial charge in [-0.25, -0.2) is 9.50 Å². The first-order valence-corrected chi connectivity index (χ1v) is 8.30. The second-order valence-corrected chi connectivity index (χ2v) is 5.27. The van der Waals surface area contributed by atoms with Crippen molar-refractivity contribution in [3.05, 3.63) is 61.2 Å². The lowest BCUT2D eigenvalue weighted by molar-refractivity contribution is -0.117. The minimum atomic E-state index is -0.126. The number of aromatic nitrogens is 3. The summed E-state index contributed by atoms with van der Waals surface area (Å²) in [5.74, 6) is 0.136. The molecule has 0 radical (unpaired) electrons. The van der Waals surface area contributed by atoms with Crippen molar-refractivity contribution in [3.63, 3.8) is 0 Å². The van der Waals surface area contributed by atoms with Crippen LogP contribution in [-0.2, 0) is 4.79 Å². The van der Waals surface area contributed by atoms with Crippen molar-refractivity contribution in [1.29, 1.82) is 0 Å². The van der Waals surface area contributed by atoms with E-state index >= 15 is 0 Å². The molecule has 0 bridgehead atoms. The van der Waals surface area contributed by atoms with E-state index in [1.807, 2.05) is 26.8 Å². The van der Waals surface area contributed by atoms with Gasteiger partial charge in [-0.3, -0.25) is 4.79 Å². The third-order valence-electron chi connectivity index (χ3n) is 2.55. The maximum Gasteiger partial charge on any atom is 0.234 e. The van der Waals surface area contributed by atoms with Gasteiger partial charge >= 0.3 is 0 Å². The molecule has 2 rings (SSSR count). The Morgan fingerprint density at radius 2 is 2.22 bits per heavy atom. The highest BCUT2D eigenvalue weighted by Crippen LogP contribution is 2.21. The van der Waals surface area contributed by atoms with Crippen LogP contribution in [0, 0.1) is 6.92 Å². The standard InChI is InChI=1S/C15H16N4OS.C2H6/c1-4-5-6-11(2)17-14(20)10-21-15-13-9-12(3)18-19(13)8-7-16-15;1-2/h4-9H,1-2,10H2,3H3,(H,17,20);1-2H3/b6-5-;. The van der Waals surface area contributed by atoms with Crippen molar-refractivity contribution in [2.75, 3.05) is 5.75 Å². The van der Waals surface area contributed by atoms with Crippen molar-refractivity contribution < 1.29 is 4.79 Å². The van der Waals surface area contributed by atoms with E-state index in [9.17, 15) is 4.79 Å². The van der Waals surface area contributed by atoms with Gasteiger partial charge in [0.1, 0.15) is 5.03 Å². The van der Waals surface area contributed by atoms with Crippen LogP contribution in [0.15, 0.2) is 60.6 Å². The Bertz CT molecular complexity index is 718. The lowest BCUT2D eigenvalue weighted by Crippen LogP contribution is -2.23. The van der Waals surface area contributed by atoms with Crippen LogP contribution in [0.2, 0.25) is 0 Å². The van der Waals surface area contributed by atoms with Gasteiger partial charge in [0.05, 0.1) is 17.0 Å². The number of aryl methyl sites for hydroxylation is 1. The SMILES string of the molecule is C=C/C=C\C(=C)NC(=O)CSc1nccn2nc(C)cc12.CC.